The number of fused-ring (bicyclic) bond motifs is 1. The Morgan fingerprint density at radius 1 is 1.00 bits per heavy atom. The lowest BCUT2D eigenvalue weighted by atomic mass is 9.92. The van der Waals surface area contributed by atoms with Crippen molar-refractivity contribution in [1.82, 2.24) is 14.6 Å². The summed E-state index contributed by atoms with van der Waals surface area (Å²) in [7, 11) is 0. The molecule has 1 fully saturated rings. The fraction of sp³-hybridized carbons (Fsp3) is 0.400. The van der Waals surface area contributed by atoms with Gasteiger partial charge < -0.3 is 4.90 Å². The quantitative estimate of drug-likeness (QED) is 0.710. The minimum Gasteiger partial charge on any atom is -0.356 e. The average Bonchev–Trinajstić information content (AvgIpc) is 2.97. The molecule has 1 aromatic carbocycles. The SMILES string of the molecule is Cc1cc(N2CC(C)CC(C)C2)n2nc(-c3ccccc3)cc2n1. The number of aromatic nitrogens is 3. The topological polar surface area (TPSA) is 33.4 Å². The molecule has 4 rings (SSSR count). The zero-order valence-electron chi connectivity index (χ0n) is 14.6. The number of rotatable bonds is 2. The maximum Gasteiger partial charge on any atom is 0.158 e. The van der Waals surface area contributed by atoms with Crippen LogP contribution >= 0.6 is 0 Å². The van der Waals surface area contributed by atoms with E-state index < -0.39 is 0 Å². The number of hydrogen-bond donors (Lipinski definition) is 0. The van der Waals surface area contributed by atoms with Crippen LogP contribution < -0.4 is 4.90 Å². The first-order valence-electron chi connectivity index (χ1n) is 8.78. The predicted molar refractivity (Wildman–Crippen MR) is 98.3 cm³/mol. The normalized spacial score (nSPS) is 21.4. The molecule has 2 atom stereocenters. The third-order valence-electron chi connectivity index (χ3n) is 4.80. The van der Waals surface area contributed by atoms with Gasteiger partial charge in [0.05, 0.1) is 5.69 Å². The molecular formula is C20H24N4. The van der Waals surface area contributed by atoms with Gasteiger partial charge in [0.1, 0.15) is 5.82 Å². The molecular weight excluding hydrogens is 296 g/mol. The van der Waals surface area contributed by atoms with Crippen LogP contribution in [0.4, 0.5) is 5.82 Å². The van der Waals surface area contributed by atoms with Crippen LogP contribution in [0.1, 0.15) is 26.0 Å². The van der Waals surface area contributed by atoms with E-state index in [0.29, 0.717) is 11.8 Å². The summed E-state index contributed by atoms with van der Waals surface area (Å²) in [6, 6.07) is 14.6. The lowest BCUT2D eigenvalue weighted by molar-refractivity contribution is 0.354. The Kier molecular flexibility index (Phi) is 3.75. The maximum atomic E-state index is 4.86. The second-order valence-electron chi connectivity index (χ2n) is 7.27. The summed E-state index contributed by atoms with van der Waals surface area (Å²) in [6.45, 7) is 8.92. The number of benzene rings is 1. The van der Waals surface area contributed by atoms with E-state index in [4.69, 9.17) is 5.10 Å². The Morgan fingerprint density at radius 3 is 2.42 bits per heavy atom. The number of hydrogen-bond acceptors (Lipinski definition) is 3. The van der Waals surface area contributed by atoms with Crippen molar-refractivity contribution in [1.29, 1.82) is 0 Å². The van der Waals surface area contributed by atoms with E-state index in [-0.39, 0.29) is 0 Å². The molecule has 1 aliphatic heterocycles. The summed E-state index contributed by atoms with van der Waals surface area (Å²) in [5.74, 6) is 2.58. The Morgan fingerprint density at radius 2 is 1.71 bits per heavy atom. The lowest BCUT2D eigenvalue weighted by Gasteiger charge is -2.36. The molecule has 1 aliphatic rings. The molecule has 0 aliphatic carbocycles. The molecule has 3 heterocycles. The summed E-state index contributed by atoms with van der Waals surface area (Å²) < 4.78 is 2.01. The number of aryl methyl sites for hydroxylation is 1. The minimum atomic E-state index is 0.710. The van der Waals surface area contributed by atoms with Crippen molar-refractivity contribution in [3.8, 4) is 11.3 Å². The Labute approximate surface area is 143 Å². The molecule has 4 heteroatoms. The summed E-state index contributed by atoms with van der Waals surface area (Å²) in [5.41, 5.74) is 4.08. The molecule has 0 radical (unpaired) electrons. The third kappa shape index (κ3) is 2.77. The molecule has 2 unspecified atom stereocenters. The second kappa shape index (κ2) is 5.93. The van der Waals surface area contributed by atoms with E-state index in [1.807, 2.05) is 22.7 Å². The Bertz CT molecular complexity index is 843. The largest absolute Gasteiger partial charge is 0.356 e. The van der Waals surface area contributed by atoms with Gasteiger partial charge in [0.2, 0.25) is 0 Å². The zero-order valence-corrected chi connectivity index (χ0v) is 14.6. The van der Waals surface area contributed by atoms with Crippen molar-refractivity contribution in [3.63, 3.8) is 0 Å². The van der Waals surface area contributed by atoms with Gasteiger partial charge in [-0.05, 0) is 25.2 Å². The number of nitrogens with zero attached hydrogens (tertiary/aromatic N) is 4. The van der Waals surface area contributed by atoms with Crippen LogP contribution in [0.2, 0.25) is 0 Å². The van der Waals surface area contributed by atoms with Crippen LogP contribution in [0.25, 0.3) is 16.9 Å². The molecule has 4 nitrogen and oxygen atoms in total. The molecule has 1 saturated heterocycles. The Hall–Kier alpha value is -2.36. The van der Waals surface area contributed by atoms with Crippen molar-refractivity contribution in [2.24, 2.45) is 11.8 Å². The monoisotopic (exact) mass is 320 g/mol. The summed E-state index contributed by atoms with van der Waals surface area (Å²) >= 11 is 0. The highest BCUT2D eigenvalue weighted by atomic mass is 15.4. The van der Waals surface area contributed by atoms with E-state index in [2.05, 4.69) is 54.9 Å². The summed E-state index contributed by atoms with van der Waals surface area (Å²) in [4.78, 5) is 7.16. The van der Waals surface area contributed by atoms with Crippen LogP contribution in [0.15, 0.2) is 42.5 Å². The molecule has 2 aromatic heterocycles. The number of piperidine rings is 1. The summed E-state index contributed by atoms with van der Waals surface area (Å²) in [6.07, 6.45) is 1.30. The van der Waals surface area contributed by atoms with E-state index in [0.717, 1.165) is 41.5 Å². The number of anilines is 1. The van der Waals surface area contributed by atoms with Gasteiger partial charge in [-0.1, -0.05) is 44.2 Å². The van der Waals surface area contributed by atoms with Gasteiger partial charge in [-0.15, -0.1) is 0 Å². The first-order chi connectivity index (χ1) is 11.6. The average molecular weight is 320 g/mol. The van der Waals surface area contributed by atoms with Gasteiger partial charge in [-0.25, -0.2) is 4.98 Å². The predicted octanol–water partition coefficient (Wildman–Crippen LogP) is 4.19. The molecule has 124 valence electrons. The van der Waals surface area contributed by atoms with Crippen LogP contribution in [0.5, 0.6) is 0 Å². The molecule has 0 bridgehead atoms. The molecule has 0 amide bonds. The van der Waals surface area contributed by atoms with Gasteiger partial charge in [0.25, 0.3) is 0 Å². The van der Waals surface area contributed by atoms with Crippen molar-refractivity contribution in [3.05, 3.63) is 48.2 Å². The fourth-order valence-corrected chi connectivity index (χ4v) is 3.91. The fourth-order valence-electron chi connectivity index (χ4n) is 3.91. The van der Waals surface area contributed by atoms with Gasteiger partial charge in [0, 0.05) is 36.5 Å². The van der Waals surface area contributed by atoms with E-state index in [1.54, 1.807) is 0 Å². The minimum absolute atomic E-state index is 0.710. The second-order valence-corrected chi connectivity index (χ2v) is 7.27. The highest BCUT2D eigenvalue weighted by Crippen LogP contribution is 2.28. The van der Waals surface area contributed by atoms with E-state index in [1.165, 1.54) is 6.42 Å². The first kappa shape index (κ1) is 15.2. The van der Waals surface area contributed by atoms with E-state index in [9.17, 15) is 0 Å². The zero-order chi connectivity index (χ0) is 16.7. The van der Waals surface area contributed by atoms with Crippen molar-refractivity contribution >= 4 is 11.5 Å². The molecule has 0 saturated carbocycles. The van der Waals surface area contributed by atoms with Crippen molar-refractivity contribution in [2.75, 3.05) is 18.0 Å². The smallest absolute Gasteiger partial charge is 0.158 e. The van der Waals surface area contributed by atoms with E-state index >= 15 is 0 Å². The standard InChI is InChI=1S/C20H24N4/c1-14-9-15(2)13-23(12-14)20-10-16(3)21-19-11-18(22-24(19)20)17-7-5-4-6-8-17/h4-8,10-11,14-15H,9,12-13H2,1-3H3. The van der Waals surface area contributed by atoms with Crippen LogP contribution in [0, 0.1) is 18.8 Å². The van der Waals surface area contributed by atoms with Crippen LogP contribution in [-0.2, 0) is 0 Å². The van der Waals surface area contributed by atoms with Gasteiger partial charge >= 0.3 is 0 Å². The van der Waals surface area contributed by atoms with Gasteiger partial charge in [-0.3, -0.25) is 0 Å². The summed E-state index contributed by atoms with van der Waals surface area (Å²) in [5, 5.41) is 4.86. The van der Waals surface area contributed by atoms with Gasteiger partial charge in [-0.2, -0.15) is 9.61 Å². The molecule has 0 spiro atoms. The Balaban J connectivity index is 1.82. The highest BCUT2D eigenvalue weighted by Gasteiger charge is 2.24. The van der Waals surface area contributed by atoms with Crippen molar-refractivity contribution in [2.45, 2.75) is 27.2 Å². The van der Waals surface area contributed by atoms with Crippen LogP contribution in [0.3, 0.4) is 0 Å². The highest BCUT2D eigenvalue weighted by molar-refractivity contribution is 5.66. The van der Waals surface area contributed by atoms with Gasteiger partial charge in [0.15, 0.2) is 5.65 Å². The molecule has 0 N–H and O–H groups in total. The maximum absolute atomic E-state index is 4.86. The lowest BCUT2D eigenvalue weighted by Crippen LogP contribution is -2.39. The first-order valence-corrected chi connectivity index (χ1v) is 8.78. The van der Waals surface area contributed by atoms with Crippen molar-refractivity contribution < 1.29 is 0 Å². The van der Waals surface area contributed by atoms with Crippen LogP contribution in [-0.4, -0.2) is 27.7 Å². The molecule has 24 heavy (non-hydrogen) atoms. The molecule has 3 aromatic rings. The third-order valence-corrected chi connectivity index (χ3v) is 4.80.